The van der Waals surface area contributed by atoms with Crippen LogP contribution in [0.25, 0.3) is 0 Å². The molecule has 0 saturated carbocycles. The molecule has 0 rings (SSSR count). The quantitative estimate of drug-likeness (QED) is 0.664. The third kappa shape index (κ3) is 6.03. The highest BCUT2D eigenvalue weighted by Gasteiger charge is 2.34. The van der Waals surface area contributed by atoms with Gasteiger partial charge in [-0.05, 0) is 32.7 Å². The van der Waals surface area contributed by atoms with Crippen molar-refractivity contribution in [1.29, 1.82) is 0 Å². The molecule has 0 radical (unpaired) electrons. The first kappa shape index (κ1) is 16.4. The van der Waals surface area contributed by atoms with Gasteiger partial charge in [0.15, 0.2) is 0 Å². The van der Waals surface area contributed by atoms with Crippen LogP contribution in [0.1, 0.15) is 41.0 Å². The van der Waals surface area contributed by atoms with Crippen LogP contribution in [0.3, 0.4) is 0 Å². The van der Waals surface area contributed by atoms with Crippen LogP contribution in [0, 0.1) is 5.92 Å². The predicted molar refractivity (Wildman–Crippen MR) is 69.0 cm³/mol. The van der Waals surface area contributed by atoms with Gasteiger partial charge in [-0.3, -0.25) is 0 Å². The first-order valence-electron chi connectivity index (χ1n) is 6.30. The topological polar surface area (TPSA) is 47.6 Å². The molecular formula is C13H27NO3. The fourth-order valence-corrected chi connectivity index (χ4v) is 1.84. The van der Waals surface area contributed by atoms with Gasteiger partial charge in [0.25, 0.3) is 0 Å². The van der Waals surface area contributed by atoms with Gasteiger partial charge in [-0.1, -0.05) is 20.8 Å². The molecule has 4 heteroatoms. The Hall–Kier alpha value is -0.610. The second kappa shape index (κ2) is 7.67. The van der Waals surface area contributed by atoms with Crippen molar-refractivity contribution in [3.05, 3.63) is 0 Å². The molecule has 0 spiro atoms. The van der Waals surface area contributed by atoms with Gasteiger partial charge in [0.2, 0.25) is 0 Å². The van der Waals surface area contributed by atoms with Crippen molar-refractivity contribution in [1.82, 2.24) is 5.32 Å². The zero-order chi connectivity index (χ0) is 13.5. The molecule has 0 amide bonds. The number of hydrogen-bond acceptors (Lipinski definition) is 4. The second-order valence-corrected chi connectivity index (χ2v) is 5.11. The largest absolute Gasteiger partial charge is 0.468 e. The van der Waals surface area contributed by atoms with Crippen LogP contribution in [0.2, 0.25) is 0 Å². The van der Waals surface area contributed by atoms with Gasteiger partial charge in [0, 0.05) is 0 Å². The molecule has 0 aliphatic rings. The van der Waals surface area contributed by atoms with Gasteiger partial charge in [0.1, 0.15) is 5.54 Å². The first-order valence-corrected chi connectivity index (χ1v) is 6.30. The number of methoxy groups -OCH3 is 1. The molecule has 4 nitrogen and oxygen atoms in total. The molecule has 1 N–H and O–H groups in total. The van der Waals surface area contributed by atoms with E-state index in [2.05, 4.69) is 19.2 Å². The van der Waals surface area contributed by atoms with Crippen molar-refractivity contribution in [3.63, 3.8) is 0 Å². The maximum absolute atomic E-state index is 11.7. The van der Waals surface area contributed by atoms with E-state index in [1.807, 2.05) is 20.8 Å². The van der Waals surface area contributed by atoms with E-state index in [9.17, 15) is 4.79 Å². The molecule has 2 unspecified atom stereocenters. The number of esters is 1. The van der Waals surface area contributed by atoms with E-state index in [0.717, 1.165) is 6.42 Å². The zero-order valence-electron chi connectivity index (χ0n) is 12.0. The summed E-state index contributed by atoms with van der Waals surface area (Å²) in [4.78, 5) is 11.7. The monoisotopic (exact) mass is 245 g/mol. The summed E-state index contributed by atoms with van der Waals surface area (Å²) in [6, 6.07) is 0. The summed E-state index contributed by atoms with van der Waals surface area (Å²) in [7, 11) is 1.40. The summed E-state index contributed by atoms with van der Waals surface area (Å²) in [6.45, 7) is 11.1. The lowest BCUT2D eigenvalue weighted by atomic mass is 10.0. The molecule has 0 aliphatic carbocycles. The van der Waals surface area contributed by atoms with Crippen LogP contribution in [-0.2, 0) is 14.3 Å². The van der Waals surface area contributed by atoms with Crippen molar-refractivity contribution in [3.8, 4) is 0 Å². The van der Waals surface area contributed by atoms with Crippen molar-refractivity contribution in [2.75, 3.05) is 20.3 Å². The Labute approximate surface area is 105 Å². The van der Waals surface area contributed by atoms with Crippen molar-refractivity contribution >= 4 is 5.97 Å². The third-order valence-electron chi connectivity index (χ3n) is 2.66. The van der Waals surface area contributed by atoms with E-state index in [-0.39, 0.29) is 12.1 Å². The van der Waals surface area contributed by atoms with E-state index in [1.54, 1.807) is 0 Å². The Morgan fingerprint density at radius 1 is 1.35 bits per heavy atom. The maximum atomic E-state index is 11.7. The normalized spacial score (nSPS) is 16.6. The van der Waals surface area contributed by atoms with Gasteiger partial charge in [-0.15, -0.1) is 0 Å². The maximum Gasteiger partial charge on any atom is 0.328 e. The van der Waals surface area contributed by atoms with E-state index in [1.165, 1.54) is 7.11 Å². The average Bonchev–Trinajstić information content (AvgIpc) is 2.25. The molecule has 102 valence electrons. The zero-order valence-corrected chi connectivity index (χ0v) is 12.0. The SMILES string of the molecule is CCNC(C)(COC(C)CC(C)C)C(=O)OC. The molecule has 0 heterocycles. The number of likely N-dealkylation sites (N-methyl/N-ethyl adjacent to an activating group) is 1. The summed E-state index contributed by atoms with van der Waals surface area (Å²) >= 11 is 0. The van der Waals surface area contributed by atoms with E-state index >= 15 is 0 Å². The number of hydrogen-bond donors (Lipinski definition) is 1. The molecule has 0 aliphatic heterocycles. The lowest BCUT2D eigenvalue weighted by molar-refractivity contribution is -0.151. The van der Waals surface area contributed by atoms with Gasteiger partial charge in [0.05, 0.1) is 19.8 Å². The van der Waals surface area contributed by atoms with Crippen LogP contribution < -0.4 is 5.32 Å². The van der Waals surface area contributed by atoms with Crippen LogP contribution in [0.4, 0.5) is 0 Å². The Bertz CT molecular complexity index is 231. The van der Waals surface area contributed by atoms with E-state index in [0.29, 0.717) is 19.1 Å². The standard InChI is InChI=1S/C13H27NO3/c1-7-14-13(5,12(15)16-6)9-17-11(4)8-10(2)3/h10-11,14H,7-9H2,1-6H3. The van der Waals surface area contributed by atoms with Gasteiger partial charge in [-0.2, -0.15) is 0 Å². The van der Waals surface area contributed by atoms with Crippen molar-refractivity contribution in [2.45, 2.75) is 52.7 Å². The minimum Gasteiger partial charge on any atom is -0.468 e. The molecule has 0 aromatic heterocycles. The number of carbonyl (C=O) groups is 1. The smallest absolute Gasteiger partial charge is 0.328 e. The molecule has 0 fully saturated rings. The highest BCUT2D eigenvalue weighted by molar-refractivity contribution is 5.80. The number of carbonyl (C=O) groups excluding carboxylic acids is 1. The van der Waals surface area contributed by atoms with Gasteiger partial charge < -0.3 is 14.8 Å². The van der Waals surface area contributed by atoms with Crippen molar-refractivity contribution in [2.24, 2.45) is 5.92 Å². The Kier molecular flexibility index (Phi) is 7.39. The minimum atomic E-state index is -0.755. The van der Waals surface area contributed by atoms with Crippen LogP contribution in [0.5, 0.6) is 0 Å². The first-order chi connectivity index (χ1) is 7.85. The summed E-state index contributed by atoms with van der Waals surface area (Å²) < 4.78 is 10.5. The third-order valence-corrected chi connectivity index (χ3v) is 2.66. The Morgan fingerprint density at radius 2 is 1.94 bits per heavy atom. The van der Waals surface area contributed by atoms with Gasteiger partial charge in [-0.25, -0.2) is 4.79 Å². The van der Waals surface area contributed by atoms with Crippen molar-refractivity contribution < 1.29 is 14.3 Å². The van der Waals surface area contributed by atoms with Gasteiger partial charge >= 0.3 is 5.97 Å². The summed E-state index contributed by atoms with van der Waals surface area (Å²) in [5, 5.41) is 3.12. The lowest BCUT2D eigenvalue weighted by Gasteiger charge is -2.29. The second-order valence-electron chi connectivity index (χ2n) is 5.11. The highest BCUT2D eigenvalue weighted by atomic mass is 16.5. The highest BCUT2D eigenvalue weighted by Crippen LogP contribution is 2.12. The number of rotatable bonds is 8. The van der Waals surface area contributed by atoms with E-state index < -0.39 is 5.54 Å². The molecule has 0 saturated heterocycles. The Balaban J connectivity index is 4.31. The number of nitrogens with one attached hydrogen (secondary N) is 1. The van der Waals surface area contributed by atoms with Crippen LogP contribution in [-0.4, -0.2) is 37.9 Å². The molecule has 2 atom stereocenters. The predicted octanol–water partition coefficient (Wildman–Crippen LogP) is 1.98. The average molecular weight is 245 g/mol. The fourth-order valence-electron chi connectivity index (χ4n) is 1.84. The summed E-state index contributed by atoms with van der Waals surface area (Å²) in [6.07, 6.45) is 1.14. The molecule has 17 heavy (non-hydrogen) atoms. The fraction of sp³-hybridized carbons (Fsp3) is 0.923. The van der Waals surface area contributed by atoms with Crippen LogP contribution >= 0.6 is 0 Å². The Morgan fingerprint density at radius 3 is 2.35 bits per heavy atom. The molecular weight excluding hydrogens is 218 g/mol. The summed E-state index contributed by atoms with van der Waals surface area (Å²) in [5.41, 5.74) is -0.755. The summed E-state index contributed by atoms with van der Waals surface area (Å²) in [5.74, 6) is 0.310. The van der Waals surface area contributed by atoms with E-state index in [4.69, 9.17) is 9.47 Å². The molecule has 0 aromatic carbocycles. The number of ether oxygens (including phenoxy) is 2. The minimum absolute atomic E-state index is 0.151. The lowest BCUT2D eigenvalue weighted by Crippen LogP contribution is -2.54. The van der Waals surface area contributed by atoms with Crippen LogP contribution in [0.15, 0.2) is 0 Å². The molecule has 0 bridgehead atoms. The molecule has 0 aromatic rings.